The van der Waals surface area contributed by atoms with Crippen molar-refractivity contribution >= 4 is 44.3 Å². The van der Waals surface area contributed by atoms with Gasteiger partial charge in [-0.05, 0) is 25.1 Å². The first-order valence-electron chi connectivity index (χ1n) is 7.27. The van der Waals surface area contributed by atoms with E-state index in [0.717, 1.165) is 22.6 Å². The summed E-state index contributed by atoms with van der Waals surface area (Å²) in [5, 5.41) is 12.1. The zero-order chi connectivity index (χ0) is 18.1. The van der Waals surface area contributed by atoms with Crippen molar-refractivity contribution in [3.8, 4) is 0 Å². The van der Waals surface area contributed by atoms with E-state index in [0.29, 0.717) is 9.70 Å². The van der Waals surface area contributed by atoms with Gasteiger partial charge in [-0.25, -0.2) is 14.4 Å². The number of benzene rings is 1. The van der Waals surface area contributed by atoms with Crippen molar-refractivity contribution in [2.75, 3.05) is 17.3 Å². The molecule has 8 heteroatoms. The molecule has 0 bridgehead atoms. The molecule has 0 aliphatic carbocycles. The molecular formula is C17H14N2O5S. The third-order valence-corrected chi connectivity index (χ3v) is 4.59. The quantitative estimate of drug-likeness (QED) is 0.746. The Labute approximate surface area is 146 Å². The van der Waals surface area contributed by atoms with Crippen LogP contribution in [-0.4, -0.2) is 24.2 Å². The fourth-order valence-electron chi connectivity index (χ4n) is 2.20. The largest absolute Gasteiger partial charge is 0.477 e. The predicted octanol–water partition coefficient (Wildman–Crippen LogP) is 3.53. The maximum Gasteiger partial charge on any atom is 0.351 e. The van der Waals surface area contributed by atoms with E-state index in [1.807, 2.05) is 31.2 Å². The molecule has 0 radical (unpaired) electrons. The Hall–Kier alpha value is -3.13. The van der Waals surface area contributed by atoms with Crippen LogP contribution in [0, 0.1) is 6.92 Å². The molecule has 2 amide bonds. The maximum absolute atomic E-state index is 12.4. The number of hydrogen-bond donors (Lipinski definition) is 2. The second-order valence-electron chi connectivity index (χ2n) is 5.42. The highest BCUT2D eigenvalue weighted by molar-refractivity contribution is 7.22. The molecule has 25 heavy (non-hydrogen) atoms. The Morgan fingerprint density at radius 3 is 2.52 bits per heavy atom. The number of amides is 2. The van der Waals surface area contributed by atoms with Crippen molar-refractivity contribution in [3.63, 3.8) is 0 Å². The van der Waals surface area contributed by atoms with Gasteiger partial charge in [-0.3, -0.25) is 10.2 Å². The summed E-state index contributed by atoms with van der Waals surface area (Å²) in [5.41, 5.74) is 0.681. The summed E-state index contributed by atoms with van der Waals surface area (Å²) in [6.07, 6.45) is 0. The number of rotatable bonds is 3. The number of thiophene rings is 1. The lowest BCUT2D eigenvalue weighted by Gasteiger charge is -2.17. The zero-order valence-corrected chi connectivity index (χ0v) is 14.2. The highest BCUT2D eigenvalue weighted by atomic mass is 32.1. The molecule has 3 rings (SSSR count). The van der Waals surface area contributed by atoms with Gasteiger partial charge in [0, 0.05) is 18.8 Å². The van der Waals surface area contributed by atoms with Crippen LogP contribution in [0.5, 0.6) is 0 Å². The number of carbonyl (C=O) groups excluding carboxylic acids is 1. The minimum atomic E-state index is -1.35. The van der Waals surface area contributed by atoms with Gasteiger partial charge in [-0.1, -0.05) is 17.7 Å². The smallest absolute Gasteiger partial charge is 0.351 e. The second kappa shape index (κ2) is 6.40. The molecule has 2 heterocycles. The summed E-state index contributed by atoms with van der Waals surface area (Å²) in [7, 11) is 1.63. The lowest BCUT2D eigenvalue weighted by Crippen LogP contribution is -2.30. The van der Waals surface area contributed by atoms with Crippen molar-refractivity contribution in [2.24, 2.45) is 0 Å². The summed E-state index contributed by atoms with van der Waals surface area (Å²) in [6, 6.07) is 9.84. The number of fused-ring (bicyclic) bond motifs is 1. The summed E-state index contributed by atoms with van der Waals surface area (Å²) >= 11 is 1.13. The lowest BCUT2D eigenvalue weighted by molar-refractivity contribution is 0.0692. The first-order chi connectivity index (χ1) is 11.8. The summed E-state index contributed by atoms with van der Waals surface area (Å²) < 4.78 is 5.45. The fourth-order valence-corrected chi connectivity index (χ4v) is 3.12. The van der Waals surface area contributed by atoms with E-state index in [-0.39, 0.29) is 11.6 Å². The summed E-state index contributed by atoms with van der Waals surface area (Å²) in [5.74, 6) is -1.35. The van der Waals surface area contributed by atoms with Gasteiger partial charge >= 0.3 is 17.6 Å². The topological polar surface area (TPSA) is 99.9 Å². The number of carboxylic acid groups (broad SMARTS) is 1. The molecule has 3 aromatic rings. The number of urea groups is 1. The number of aromatic carboxylic acids is 1. The van der Waals surface area contributed by atoms with Crippen LogP contribution in [0.15, 0.2) is 45.6 Å². The van der Waals surface area contributed by atoms with Gasteiger partial charge in [0.15, 0.2) is 5.58 Å². The number of anilines is 2. The summed E-state index contributed by atoms with van der Waals surface area (Å²) in [6.45, 7) is 1.96. The third kappa shape index (κ3) is 3.38. The van der Waals surface area contributed by atoms with Gasteiger partial charge in [-0.15, -0.1) is 11.3 Å². The van der Waals surface area contributed by atoms with Gasteiger partial charge in [-0.2, -0.15) is 0 Å². The Morgan fingerprint density at radius 1 is 1.20 bits per heavy atom. The van der Waals surface area contributed by atoms with E-state index in [4.69, 9.17) is 9.52 Å². The Bertz CT molecular complexity index is 1020. The first kappa shape index (κ1) is 16.7. The number of nitrogens with one attached hydrogen (secondary N) is 1. The monoisotopic (exact) mass is 358 g/mol. The number of hydrogen-bond acceptors (Lipinski definition) is 5. The highest BCUT2D eigenvalue weighted by Gasteiger charge is 2.16. The molecular weight excluding hydrogens is 344 g/mol. The minimum absolute atomic E-state index is 0.230. The van der Waals surface area contributed by atoms with Crippen molar-refractivity contribution in [3.05, 3.63) is 57.9 Å². The third-order valence-electron chi connectivity index (χ3n) is 3.61. The molecule has 0 aliphatic rings. The molecule has 2 aromatic heterocycles. The van der Waals surface area contributed by atoms with E-state index in [1.54, 1.807) is 7.05 Å². The summed E-state index contributed by atoms with van der Waals surface area (Å²) in [4.78, 5) is 36.4. The Morgan fingerprint density at radius 2 is 1.88 bits per heavy atom. The normalized spacial score (nSPS) is 10.6. The number of aryl methyl sites for hydroxylation is 1. The van der Waals surface area contributed by atoms with Gasteiger partial charge in [0.25, 0.3) is 0 Å². The van der Waals surface area contributed by atoms with Crippen LogP contribution in [0.3, 0.4) is 0 Å². The van der Waals surface area contributed by atoms with Crippen LogP contribution >= 0.6 is 11.3 Å². The van der Waals surface area contributed by atoms with E-state index in [9.17, 15) is 14.4 Å². The standard InChI is InChI=1S/C17H14N2O5S/c1-9-3-5-10(6-4-9)19(2)17(23)18-14-8-12-13(25-14)7-11(15(20)21)16(22)24-12/h3-8H,1-2H3,(H,18,23)(H,20,21). The average Bonchev–Trinajstić information content (AvgIpc) is 2.94. The molecule has 7 nitrogen and oxygen atoms in total. The Balaban J connectivity index is 1.84. The number of carbonyl (C=O) groups is 2. The first-order valence-corrected chi connectivity index (χ1v) is 8.09. The molecule has 1 aromatic carbocycles. The van der Waals surface area contributed by atoms with Gasteiger partial charge in [0.1, 0.15) is 10.6 Å². The molecule has 0 spiro atoms. The van der Waals surface area contributed by atoms with E-state index in [1.165, 1.54) is 17.0 Å². The minimum Gasteiger partial charge on any atom is -0.477 e. The number of nitrogens with zero attached hydrogens (tertiary/aromatic N) is 1. The van der Waals surface area contributed by atoms with Gasteiger partial charge in [0.05, 0.1) is 4.70 Å². The van der Waals surface area contributed by atoms with E-state index >= 15 is 0 Å². The molecule has 0 unspecified atom stereocenters. The van der Waals surface area contributed by atoms with Crippen molar-refractivity contribution in [1.29, 1.82) is 0 Å². The molecule has 0 saturated heterocycles. The second-order valence-corrected chi connectivity index (χ2v) is 6.50. The van der Waals surface area contributed by atoms with Crippen LogP contribution in [0.25, 0.3) is 10.3 Å². The van der Waals surface area contributed by atoms with Crippen LogP contribution in [0.4, 0.5) is 15.5 Å². The maximum atomic E-state index is 12.4. The van der Waals surface area contributed by atoms with E-state index < -0.39 is 17.2 Å². The molecule has 0 saturated carbocycles. The van der Waals surface area contributed by atoms with Crippen LogP contribution in [-0.2, 0) is 0 Å². The zero-order valence-electron chi connectivity index (χ0n) is 13.4. The average molecular weight is 358 g/mol. The van der Waals surface area contributed by atoms with Crippen LogP contribution < -0.4 is 15.8 Å². The molecule has 128 valence electrons. The van der Waals surface area contributed by atoms with Gasteiger partial charge in [0.2, 0.25) is 0 Å². The SMILES string of the molecule is Cc1ccc(N(C)C(=O)Nc2cc3oc(=O)c(C(=O)O)cc3s2)cc1. The fraction of sp³-hybridized carbons (Fsp3) is 0.118. The van der Waals surface area contributed by atoms with Crippen molar-refractivity contribution in [1.82, 2.24) is 0 Å². The van der Waals surface area contributed by atoms with Crippen LogP contribution in [0.1, 0.15) is 15.9 Å². The lowest BCUT2D eigenvalue weighted by atomic mass is 10.2. The van der Waals surface area contributed by atoms with Crippen LogP contribution in [0.2, 0.25) is 0 Å². The Kier molecular flexibility index (Phi) is 4.28. The highest BCUT2D eigenvalue weighted by Crippen LogP contribution is 2.30. The predicted molar refractivity (Wildman–Crippen MR) is 95.9 cm³/mol. The molecule has 0 aliphatic heterocycles. The number of carboxylic acids is 1. The molecule has 0 atom stereocenters. The van der Waals surface area contributed by atoms with Crippen molar-refractivity contribution in [2.45, 2.75) is 6.92 Å². The van der Waals surface area contributed by atoms with Crippen molar-refractivity contribution < 1.29 is 19.1 Å². The van der Waals surface area contributed by atoms with Gasteiger partial charge < -0.3 is 9.52 Å². The van der Waals surface area contributed by atoms with E-state index in [2.05, 4.69) is 5.32 Å². The molecule has 0 fully saturated rings. The molecule has 2 N–H and O–H groups in total.